The number of halogens is 1. The van der Waals surface area contributed by atoms with Crippen LogP contribution in [0.25, 0.3) is 11.5 Å². The summed E-state index contributed by atoms with van der Waals surface area (Å²) in [4.78, 5) is 8.16. The summed E-state index contributed by atoms with van der Waals surface area (Å²) in [6.45, 7) is -0.149. The van der Waals surface area contributed by atoms with Crippen LogP contribution < -0.4 is 0 Å². The number of aromatic amines is 1. The van der Waals surface area contributed by atoms with Gasteiger partial charge < -0.3 is 5.11 Å². The molecule has 0 spiro atoms. The summed E-state index contributed by atoms with van der Waals surface area (Å²) in [6.07, 6.45) is 1.67. The van der Waals surface area contributed by atoms with Gasteiger partial charge in [0, 0.05) is 10.7 Å². The molecule has 2 heterocycles. The smallest absolute Gasteiger partial charge is 0.199 e. The van der Waals surface area contributed by atoms with Crippen LogP contribution in [-0.2, 0) is 6.61 Å². The number of aliphatic hydroxyl groups is 1. The standard InChI is InChI=1S/C8H7BrN4O/c9-5-1-2-6(10-3-5)8-11-7(4-14)12-13-8/h1-3,14H,4H2,(H,11,12,13). The second kappa shape index (κ2) is 3.85. The number of H-pyrrole nitrogens is 1. The molecule has 0 atom stereocenters. The molecule has 0 aromatic carbocycles. The number of nitrogens with zero attached hydrogens (tertiary/aromatic N) is 3. The Balaban J connectivity index is 2.34. The van der Waals surface area contributed by atoms with Gasteiger partial charge in [0.2, 0.25) is 0 Å². The molecule has 72 valence electrons. The molecule has 0 aliphatic rings. The summed E-state index contributed by atoms with van der Waals surface area (Å²) in [6, 6.07) is 3.66. The van der Waals surface area contributed by atoms with Crippen LogP contribution in [0.15, 0.2) is 22.8 Å². The summed E-state index contributed by atoms with van der Waals surface area (Å²) in [5.41, 5.74) is 0.671. The Morgan fingerprint density at radius 3 is 2.86 bits per heavy atom. The van der Waals surface area contributed by atoms with Crippen LogP contribution in [0.4, 0.5) is 0 Å². The van der Waals surface area contributed by atoms with Crippen LogP contribution in [-0.4, -0.2) is 25.3 Å². The fourth-order valence-electron chi connectivity index (χ4n) is 0.989. The number of hydrogen-bond acceptors (Lipinski definition) is 4. The van der Waals surface area contributed by atoms with Gasteiger partial charge in [0.05, 0.1) is 0 Å². The SMILES string of the molecule is OCc1nc(-c2ccc(Br)cn2)n[nH]1. The van der Waals surface area contributed by atoms with Crippen molar-refractivity contribution in [3.8, 4) is 11.5 Å². The topological polar surface area (TPSA) is 74.7 Å². The normalized spacial score (nSPS) is 10.4. The molecule has 2 rings (SSSR count). The molecule has 0 saturated heterocycles. The van der Waals surface area contributed by atoms with Crippen molar-refractivity contribution in [3.63, 3.8) is 0 Å². The van der Waals surface area contributed by atoms with E-state index in [1.165, 1.54) is 0 Å². The lowest BCUT2D eigenvalue weighted by molar-refractivity contribution is 0.272. The third-order valence-electron chi connectivity index (χ3n) is 1.64. The Hall–Kier alpha value is -1.27. The van der Waals surface area contributed by atoms with Gasteiger partial charge in [-0.1, -0.05) is 0 Å². The lowest BCUT2D eigenvalue weighted by Gasteiger charge is -1.93. The van der Waals surface area contributed by atoms with Gasteiger partial charge in [-0.25, -0.2) is 4.98 Å². The highest BCUT2D eigenvalue weighted by atomic mass is 79.9. The monoisotopic (exact) mass is 254 g/mol. The van der Waals surface area contributed by atoms with Crippen molar-refractivity contribution in [2.45, 2.75) is 6.61 Å². The first-order chi connectivity index (χ1) is 6.79. The maximum absolute atomic E-state index is 8.78. The molecule has 14 heavy (non-hydrogen) atoms. The number of aliphatic hydroxyl groups excluding tert-OH is 1. The zero-order valence-electron chi connectivity index (χ0n) is 7.11. The van der Waals surface area contributed by atoms with Crippen molar-refractivity contribution >= 4 is 15.9 Å². The summed E-state index contributed by atoms with van der Waals surface area (Å²) >= 11 is 3.29. The van der Waals surface area contributed by atoms with Gasteiger partial charge in [-0.2, -0.15) is 5.10 Å². The first-order valence-electron chi connectivity index (χ1n) is 3.93. The zero-order chi connectivity index (χ0) is 9.97. The van der Waals surface area contributed by atoms with E-state index in [9.17, 15) is 0 Å². The molecule has 2 N–H and O–H groups in total. The predicted molar refractivity (Wildman–Crippen MR) is 53.2 cm³/mol. The summed E-state index contributed by atoms with van der Waals surface area (Å²) in [5.74, 6) is 0.922. The highest BCUT2D eigenvalue weighted by molar-refractivity contribution is 9.10. The highest BCUT2D eigenvalue weighted by Crippen LogP contribution is 2.14. The molecule has 6 heteroatoms. The van der Waals surface area contributed by atoms with E-state index in [0.29, 0.717) is 17.3 Å². The summed E-state index contributed by atoms with van der Waals surface area (Å²) < 4.78 is 0.902. The minimum Gasteiger partial charge on any atom is -0.388 e. The van der Waals surface area contributed by atoms with Crippen LogP contribution in [0.3, 0.4) is 0 Å². The van der Waals surface area contributed by atoms with Crippen molar-refractivity contribution in [2.24, 2.45) is 0 Å². The largest absolute Gasteiger partial charge is 0.388 e. The second-order valence-electron chi connectivity index (χ2n) is 2.63. The van der Waals surface area contributed by atoms with E-state index in [-0.39, 0.29) is 6.61 Å². The molecular weight excluding hydrogens is 248 g/mol. The van der Waals surface area contributed by atoms with Crippen LogP contribution in [0, 0.1) is 0 Å². The van der Waals surface area contributed by atoms with E-state index in [1.807, 2.05) is 6.07 Å². The maximum atomic E-state index is 8.78. The summed E-state index contributed by atoms with van der Waals surface area (Å²) in [5, 5.41) is 15.3. The molecule has 0 aliphatic carbocycles. The predicted octanol–water partition coefficient (Wildman–Crippen LogP) is 1.12. The third kappa shape index (κ3) is 1.80. The number of hydrogen-bond donors (Lipinski definition) is 2. The number of nitrogens with one attached hydrogen (secondary N) is 1. The minimum atomic E-state index is -0.149. The van der Waals surface area contributed by atoms with Gasteiger partial charge in [0.1, 0.15) is 12.3 Å². The summed E-state index contributed by atoms with van der Waals surface area (Å²) in [7, 11) is 0. The second-order valence-corrected chi connectivity index (χ2v) is 3.54. The molecule has 5 nitrogen and oxygen atoms in total. The average molecular weight is 255 g/mol. The lowest BCUT2D eigenvalue weighted by atomic mass is 10.3. The minimum absolute atomic E-state index is 0.149. The van der Waals surface area contributed by atoms with Gasteiger partial charge in [-0.15, -0.1) is 0 Å². The molecular formula is C8H7BrN4O. The molecule has 2 aromatic heterocycles. The average Bonchev–Trinajstić information content (AvgIpc) is 2.67. The molecule has 0 aliphatic heterocycles. The van der Waals surface area contributed by atoms with Crippen LogP contribution in [0.2, 0.25) is 0 Å². The molecule has 0 saturated carbocycles. The Bertz CT molecular complexity index is 425. The van der Waals surface area contributed by atoms with Crippen LogP contribution in [0.5, 0.6) is 0 Å². The van der Waals surface area contributed by atoms with Gasteiger partial charge in [0.15, 0.2) is 11.6 Å². The molecule has 2 aromatic rings. The van der Waals surface area contributed by atoms with Gasteiger partial charge in [0.25, 0.3) is 0 Å². The number of rotatable bonds is 2. The Morgan fingerprint density at radius 1 is 1.43 bits per heavy atom. The van der Waals surface area contributed by atoms with E-state index in [0.717, 1.165) is 4.47 Å². The van der Waals surface area contributed by atoms with E-state index < -0.39 is 0 Å². The first-order valence-corrected chi connectivity index (χ1v) is 4.73. The van der Waals surface area contributed by atoms with E-state index in [2.05, 4.69) is 36.1 Å². The van der Waals surface area contributed by atoms with Crippen LogP contribution >= 0.6 is 15.9 Å². The third-order valence-corrected chi connectivity index (χ3v) is 2.11. The lowest BCUT2D eigenvalue weighted by Crippen LogP contribution is -1.86. The van der Waals surface area contributed by atoms with Gasteiger partial charge in [-0.05, 0) is 28.1 Å². The van der Waals surface area contributed by atoms with Crippen LogP contribution in [0.1, 0.15) is 5.82 Å². The van der Waals surface area contributed by atoms with E-state index in [4.69, 9.17) is 5.11 Å². The fraction of sp³-hybridized carbons (Fsp3) is 0.125. The van der Waals surface area contributed by atoms with Crippen molar-refractivity contribution in [3.05, 3.63) is 28.6 Å². The first kappa shape index (κ1) is 9.29. The Labute approximate surface area is 88.4 Å². The number of aromatic nitrogens is 4. The quantitative estimate of drug-likeness (QED) is 0.843. The molecule has 0 radical (unpaired) electrons. The maximum Gasteiger partial charge on any atom is 0.199 e. The molecule has 0 unspecified atom stereocenters. The fourth-order valence-corrected chi connectivity index (χ4v) is 1.22. The zero-order valence-corrected chi connectivity index (χ0v) is 8.69. The highest BCUT2D eigenvalue weighted by Gasteiger charge is 2.05. The molecule has 0 amide bonds. The Kier molecular flexibility index (Phi) is 2.55. The molecule has 0 fully saturated rings. The molecule has 0 bridgehead atoms. The van der Waals surface area contributed by atoms with Crippen molar-refractivity contribution in [1.82, 2.24) is 20.2 Å². The van der Waals surface area contributed by atoms with E-state index in [1.54, 1.807) is 12.3 Å². The van der Waals surface area contributed by atoms with E-state index >= 15 is 0 Å². The Morgan fingerprint density at radius 2 is 2.29 bits per heavy atom. The number of pyridine rings is 1. The van der Waals surface area contributed by atoms with Crippen molar-refractivity contribution in [1.29, 1.82) is 0 Å². The van der Waals surface area contributed by atoms with Crippen molar-refractivity contribution in [2.75, 3.05) is 0 Å². The van der Waals surface area contributed by atoms with Crippen molar-refractivity contribution < 1.29 is 5.11 Å². The van der Waals surface area contributed by atoms with Gasteiger partial charge in [-0.3, -0.25) is 10.1 Å². The van der Waals surface area contributed by atoms with Gasteiger partial charge >= 0.3 is 0 Å².